The molecule has 0 aromatic carbocycles. The Morgan fingerprint density at radius 3 is 2.83 bits per heavy atom. The first-order valence-corrected chi connectivity index (χ1v) is 8.70. The lowest BCUT2D eigenvalue weighted by atomic mass is 9.88. The van der Waals surface area contributed by atoms with E-state index >= 15 is 0 Å². The number of halogens is 1. The van der Waals surface area contributed by atoms with Crippen LogP contribution in [0.4, 0.5) is 0 Å². The van der Waals surface area contributed by atoms with Gasteiger partial charge >= 0.3 is 0 Å². The predicted molar refractivity (Wildman–Crippen MR) is 92.9 cm³/mol. The van der Waals surface area contributed by atoms with Crippen molar-refractivity contribution in [3.63, 3.8) is 0 Å². The minimum absolute atomic E-state index is 0. The fourth-order valence-electron chi connectivity index (χ4n) is 3.41. The molecule has 1 aliphatic heterocycles. The summed E-state index contributed by atoms with van der Waals surface area (Å²) in [7, 11) is 2.07. The van der Waals surface area contributed by atoms with Crippen molar-refractivity contribution in [3.05, 3.63) is 11.7 Å². The summed E-state index contributed by atoms with van der Waals surface area (Å²) < 4.78 is 5.39. The largest absolute Gasteiger partial charge is 0.344 e. The molecule has 1 amide bonds. The third-order valence-corrected chi connectivity index (χ3v) is 4.97. The van der Waals surface area contributed by atoms with Crippen LogP contribution in [0.2, 0.25) is 0 Å². The second kappa shape index (κ2) is 8.78. The van der Waals surface area contributed by atoms with Gasteiger partial charge in [-0.2, -0.15) is 4.98 Å². The standard InChI is InChI=1S/C16H27N5O2.ClH/c1-11(18-15(22)12-6-4-3-5-7-12)16-19-14(20-23-16)13-10-17-8-9-21(13)2;/h11-13,17H,3-10H2,1-2H3,(H,18,22);1H/t11-,13?;/m0./s1. The lowest BCUT2D eigenvalue weighted by Gasteiger charge is -2.30. The van der Waals surface area contributed by atoms with Gasteiger partial charge in [-0.05, 0) is 26.8 Å². The summed E-state index contributed by atoms with van der Waals surface area (Å²) in [6, 6.07) is -0.116. The fourth-order valence-corrected chi connectivity index (χ4v) is 3.41. The third kappa shape index (κ3) is 4.46. The number of piperazine rings is 1. The Balaban J connectivity index is 0.00000208. The first-order valence-electron chi connectivity index (χ1n) is 8.70. The van der Waals surface area contributed by atoms with Crippen LogP contribution in [0.1, 0.15) is 62.8 Å². The van der Waals surface area contributed by atoms with Crippen LogP contribution in [-0.4, -0.2) is 47.6 Å². The average molecular weight is 358 g/mol. The summed E-state index contributed by atoms with van der Waals surface area (Å²) in [6.45, 7) is 4.66. The molecule has 1 aromatic rings. The molecule has 0 bridgehead atoms. The zero-order chi connectivity index (χ0) is 16.2. The van der Waals surface area contributed by atoms with Crippen molar-refractivity contribution in [1.29, 1.82) is 0 Å². The van der Waals surface area contributed by atoms with E-state index < -0.39 is 0 Å². The number of hydrogen-bond acceptors (Lipinski definition) is 6. The van der Waals surface area contributed by atoms with Crippen LogP contribution in [0, 0.1) is 5.92 Å². The molecule has 2 heterocycles. The summed E-state index contributed by atoms with van der Waals surface area (Å²) >= 11 is 0. The Morgan fingerprint density at radius 2 is 2.12 bits per heavy atom. The molecular weight excluding hydrogens is 330 g/mol. The molecule has 1 aliphatic carbocycles. The summed E-state index contributed by atoms with van der Waals surface area (Å²) in [6.07, 6.45) is 5.53. The number of carbonyl (C=O) groups excluding carboxylic acids is 1. The van der Waals surface area contributed by atoms with Crippen LogP contribution >= 0.6 is 12.4 Å². The molecule has 2 N–H and O–H groups in total. The van der Waals surface area contributed by atoms with Gasteiger partial charge in [0.25, 0.3) is 0 Å². The van der Waals surface area contributed by atoms with Gasteiger partial charge in [0.05, 0.1) is 6.04 Å². The topological polar surface area (TPSA) is 83.3 Å². The van der Waals surface area contributed by atoms with Crippen LogP contribution in [0.3, 0.4) is 0 Å². The van der Waals surface area contributed by atoms with Crippen molar-refractivity contribution in [3.8, 4) is 0 Å². The molecule has 1 saturated carbocycles. The molecule has 1 aromatic heterocycles. The van der Waals surface area contributed by atoms with Gasteiger partial charge < -0.3 is 15.2 Å². The normalized spacial score (nSPS) is 24.2. The van der Waals surface area contributed by atoms with Gasteiger partial charge in [-0.15, -0.1) is 12.4 Å². The van der Waals surface area contributed by atoms with Gasteiger partial charge in [0.1, 0.15) is 6.04 Å². The van der Waals surface area contributed by atoms with E-state index in [2.05, 4.69) is 32.7 Å². The lowest BCUT2D eigenvalue weighted by Crippen LogP contribution is -2.44. The highest BCUT2D eigenvalue weighted by molar-refractivity contribution is 5.85. The minimum Gasteiger partial charge on any atom is -0.344 e. The van der Waals surface area contributed by atoms with Crippen molar-refractivity contribution in [2.24, 2.45) is 5.92 Å². The zero-order valence-corrected chi connectivity index (χ0v) is 15.3. The van der Waals surface area contributed by atoms with E-state index in [1.54, 1.807) is 0 Å². The number of rotatable bonds is 4. The molecule has 2 atom stereocenters. The molecule has 1 saturated heterocycles. The molecule has 24 heavy (non-hydrogen) atoms. The van der Waals surface area contributed by atoms with E-state index in [4.69, 9.17) is 4.52 Å². The van der Waals surface area contributed by atoms with Crippen molar-refractivity contribution >= 4 is 18.3 Å². The molecule has 3 rings (SSSR count). The monoisotopic (exact) mass is 357 g/mol. The van der Waals surface area contributed by atoms with E-state index in [0.717, 1.165) is 45.3 Å². The molecule has 8 heteroatoms. The van der Waals surface area contributed by atoms with Crippen LogP contribution < -0.4 is 10.6 Å². The number of nitrogens with one attached hydrogen (secondary N) is 2. The van der Waals surface area contributed by atoms with Gasteiger partial charge in [0.2, 0.25) is 11.8 Å². The SMILES string of the molecule is C[C@H](NC(=O)C1CCCCC1)c1nc(C2CNCCN2C)no1.Cl. The lowest BCUT2D eigenvalue weighted by molar-refractivity contribution is -0.126. The fraction of sp³-hybridized carbons (Fsp3) is 0.812. The number of nitrogens with zero attached hydrogens (tertiary/aromatic N) is 3. The Labute approximate surface area is 149 Å². The summed E-state index contributed by atoms with van der Waals surface area (Å²) in [5, 5.41) is 10.5. The number of likely N-dealkylation sites (N-methyl/N-ethyl adjacent to an activating group) is 1. The highest BCUT2D eigenvalue weighted by Crippen LogP contribution is 2.25. The second-order valence-corrected chi connectivity index (χ2v) is 6.76. The van der Waals surface area contributed by atoms with Crippen molar-refractivity contribution in [1.82, 2.24) is 25.7 Å². The number of hydrogen-bond donors (Lipinski definition) is 2. The van der Waals surface area contributed by atoms with Crippen molar-refractivity contribution in [2.45, 2.75) is 51.1 Å². The van der Waals surface area contributed by atoms with Crippen molar-refractivity contribution < 1.29 is 9.32 Å². The van der Waals surface area contributed by atoms with Gasteiger partial charge in [-0.25, -0.2) is 0 Å². The van der Waals surface area contributed by atoms with Gasteiger partial charge in [-0.3, -0.25) is 9.69 Å². The quantitative estimate of drug-likeness (QED) is 0.855. The zero-order valence-electron chi connectivity index (χ0n) is 14.5. The van der Waals surface area contributed by atoms with Gasteiger partial charge in [0.15, 0.2) is 5.82 Å². The molecule has 1 unspecified atom stereocenters. The molecule has 0 radical (unpaired) electrons. The maximum absolute atomic E-state index is 12.3. The molecule has 2 aliphatic rings. The minimum atomic E-state index is -0.243. The van der Waals surface area contributed by atoms with E-state index in [-0.39, 0.29) is 36.3 Å². The smallest absolute Gasteiger partial charge is 0.248 e. The van der Waals surface area contributed by atoms with Gasteiger partial charge in [0, 0.05) is 25.6 Å². The maximum atomic E-state index is 12.3. The average Bonchev–Trinajstić information content (AvgIpc) is 3.06. The first kappa shape index (κ1) is 19.1. The third-order valence-electron chi connectivity index (χ3n) is 4.97. The summed E-state index contributed by atoms with van der Waals surface area (Å²) in [4.78, 5) is 19.1. The first-order chi connectivity index (χ1) is 11.1. The highest BCUT2D eigenvalue weighted by Gasteiger charge is 2.28. The molecular formula is C16H28ClN5O2. The van der Waals surface area contributed by atoms with E-state index in [9.17, 15) is 4.79 Å². The second-order valence-electron chi connectivity index (χ2n) is 6.76. The number of carbonyl (C=O) groups is 1. The summed E-state index contributed by atoms with van der Waals surface area (Å²) in [5.74, 6) is 1.44. The Bertz CT molecular complexity index is 532. The molecule has 0 spiro atoms. The molecule has 7 nitrogen and oxygen atoms in total. The maximum Gasteiger partial charge on any atom is 0.248 e. The van der Waals surface area contributed by atoms with Crippen LogP contribution in [0.25, 0.3) is 0 Å². The Kier molecular flexibility index (Phi) is 7.01. The van der Waals surface area contributed by atoms with E-state index in [0.29, 0.717) is 11.7 Å². The predicted octanol–water partition coefficient (Wildman–Crippen LogP) is 1.82. The molecule has 2 fully saturated rings. The van der Waals surface area contributed by atoms with E-state index in [1.165, 1.54) is 6.42 Å². The summed E-state index contributed by atoms with van der Waals surface area (Å²) in [5.41, 5.74) is 0. The Hall–Kier alpha value is -1.18. The van der Waals surface area contributed by atoms with Gasteiger partial charge in [-0.1, -0.05) is 24.4 Å². The van der Waals surface area contributed by atoms with Crippen LogP contribution in [-0.2, 0) is 4.79 Å². The highest BCUT2D eigenvalue weighted by atomic mass is 35.5. The van der Waals surface area contributed by atoms with E-state index in [1.807, 2.05) is 6.92 Å². The Morgan fingerprint density at radius 1 is 1.38 bits per heavy atom. The number of aromatic nitrogens is 2. The number of amides is 1. The van der Waals surface area contributed by atoms with Crippen molar-refractivity contribution in [2.75, 3.05) is 26.7 Å². The molecule has 136 valence electrons. The van der Waals surface area contributed by atoms with Crippen LogP contribution in [0.5, 0.6) is 0 Å². The van der Waals surface area contributed by atoms with Crippen LogP contribution in [0.15, 0.2) is 4.52 Å².